The molecular weight excluding hydrogens is 380 g/mol. The third-order valence-corrected chi connectivity index (χ3v) is 4.44. The predicted octanol–water partition coefficient (Wildman–Crippen LogP) is 4.41. The molecule has 0 bridgehead atoms. The number of carbonyl (C=O) groups excluding carboxylic acids is 1. The van der Waals surface area contributed by atoms with Gasteiger partial charge >= 0.3 is 0 Å². The van der Waals surface area contributed by atoms with E-state index in [1.165, 1.54) is 11.1 Å². The molecule has 0 aliphatic heterocycles. The average molecular weight is 397 g/mol. The molecule has 2 N–H and O–H groups in total. The molecule has 0 saturated carbocycles. The number of anilines is 2. The van der Waals surface area contributed by atoms with Crippen LogP contribution < -0.4 is 10.6 Å². The second-order valence-corrected chi connectivity index (χ2v) is 6.37. The van der Waals surface area contributed by atoms with Crippen molar-refractivity contribution in [3.05, 3.63) is 81.8 Å². The third-order valence-electron chi connectivity index (χ3n) is 3.75. The second kappa shape index (κ2) is 7.90. The number of aromatic nitrogens is 2. The molecule has 0 aliphatic rings. The van der Waals surface area contributed by atoms with Crippen LogP contribution in [0.1, 0.15) is 21.5 Å². The zero-order chi connectivity index (χ0) is 17.6. The fourth-order valence-electron chi connectivity index (χ4n) is 2.32. The van der Waals surface area contributed by atoms with Gasteiger partial charge in [-0.05, 0) is 58.2 Å². The van der Waals surface area contributed by atoms with Crippen LogP contribution in [0.3, 0.4) is 0 Å². The van der Waals surface area contributed by atoms with E-state index in [9.17, 15) is 4.79 Å². The van der Waals surface area contributed by atoms with Crippen molar-refractivity contribution < 1.29 is 4.79 Å². The number of benzene rings is 2. The van der Waals surface area contributed by atoms with E-state index in [1.807, 2.05) is 30.3 Å². The van der Waals surface area contributed by atoms with Gasteiger partial charge in [-0.15, -0.1) is 10.2 Å². The first-order valence-corrected chi connectivity index (χ1v) is 8.61. The zero-order valence-corrected chi connectivity index (χ0v) is 15.2. The third kappa shape index (κ3) is 4.42. The number of aryl methyl sites for hydroxylation is 1. The topological polar surface area (TPSA) is 66.9 Å². The molecule has 0 fully saturated rings. The van der Waals surface area contributed by atoms with E-state index < -0.39 is 0 Å². The summed E-state index contributed by atoms with van der Waals surface area (Å²) >= 11 is 3.36. The van der Waals surface area contributed by atoms with Crippen LogP contribution in [-0.4, -0.2) is 16.1 Å². The molecule has 25 heavy (non-hydrogen) atoms. The number of nitrogens with one attached hydrogen (secondary N) is 2. The minimum absolute atomic E-state index is 0.234. The monoisotopic (exact) mass is 396 g/mol. The molecule has 5 nitrogen and oxygen atoms in total. The Hall–Kier alpha value is -2.73. The smallest absolute Gasteiger partial charge is 0.258 e. The molecule has 3 aromatic rings. The van der Waals surface area contributed by atoms with E-state index >= 15 is 0 Å². The molecule has 6 heteroatoms. The maximum atomic E-state index is 12.2. The van der Waals surface area contributed by atoms with Gasteiger partial charge in [0, 0.05) is 11.0 Å². The first kappa shape index (κ1) is 17.1. The highest BCUT2D eigenvalue weighted by molar-refractivity contribution is 9.10. The zero-order valence-electron chi connectivity index (χ0n) is 13.7. The van der Waals surface area contributed by atoms with Crippen LogP contribution in [0.2, 0.25) is 0 Å². The maximum Gasteiger partial charge on any atom is 0.258 e. The summed E-state index contributed by atoms with van der Waals surface area (Å²) in [6.07, 6.45) is 0. The molecular formula is C19H17BrN4O. The average Bonchev–Trinajstić information content (AvgIpc) is 2.62. The summed E-state index contributed by atoms with van der Waals surface area (Å²) in [4.78, 5) is 12.2. The Bertz CT molecular complexity index is 881. The van der Waals surface area contributed by atoms with Crippen molar-refractivity contribution in [1.29, 1.82) is 0 Å². The van der Waals surface area contributed by atoms with E-state index in [2.05, 4.69) is 55.8 Å². The summed E-state index contributed by atoms with van der Waals surface area (Å²) in [5, 5.41) is 14.1. The highest BCUT2D eigenvalue weighted by atomic mass is 79.9. The number of halogens is 1. The number of hydrogen-bond acceptors (Lipinski definition) is 4. The standard InChI is InChI=1S/C19H17BrN4O/c1-13-6-2-3-7-14(13)12-21-17-10-11-18(24-23-17)22-19(25)15-8-4-5-9-16(15)20/h2-11H,12H2,1H3,(H,21,23)(H,22,24,25). The van der Waals surface area contributed by atoms with Gasteiger partial charge in [-0.1, -0.05) is 36.4 Å². The van der Waals surface area contributed by atoms with Crippen molar-refractivity contribution in [1.82, 2.24) is 10.2 Å². The van der Waals surface area contributed by atoms with Gasteiger partial charge in [0.25, 0.3) is 5.91 Å². The molecule has 0 atom stereocenters. The van der Waals surface area contributed by atoms with Crippen molar-refractivity contribution in [2.24, 2.45) is 0 Å². The van der Waals surface area contributed by atoms with Gasteiger partial charge in [-0.3, -0.25) is 4.79 Å². The Morgan fingerprint density at radius 2 is 1.64 bits per heavy atom. The van der Waals surface area contributed by atoms with Crippen LogP contribution in [-0.2, 0) is 6.54 Å². The summed E-state index contributed by atoms with van der Waals surface area (Å²) in [7, 11) is 0. The van der Waals surface area contributed by atoms with Crippen molar-refractivity contribution in [3.63, 3.8) is 0 Å². The lowest BCUT2D eigenvalue weighted by molar-refractivity contribution is 0.102. The molecule has 2 aromatic carbocycles. The van der Waals surface area contributed by atoms with Crippen molar-refractivity contribution >= 4 is 33.5 Å². The summed E-state index contributed by atoms with van der Waals surface area (Å²) in [6, 6.07) is 18.9. The number of carbonyl (C=O) groups is 1. The Balaban J connectivity index is 1.62. The molecule has 0 aliphatic carbocycles. The van der Waals surface area contributed by atoms with E-state index in [0.29, 0.717) is 23.7 Å². The van der Waals surface area contributed by atoms with E-state index in [0.717, 1.165) is 4.47 Å². The molecule has 1 aromatic heterocycles. The van der Waals surface area contributed by atoms with Crippen LogP contribution in [0.4, 0.5) is 11.6 Å². The Kier molecular flexibility index (Phi) is 5.40. The highest BCUT2D eigenvalue weighted by Gasteiger charge is 2.10. The number of rotatable bonds is 5. The Morgan fingerprint density at radius 1 is 0.960 bits per heavy atom. The normalized spacial score (nSPS) is 10.3. The molecule has 3 rings (SSSR count). The summed E-state index contributed by atoms with van der Waals surface area (Å²) < 4.78 is 0.733. The lowest BCUT2D eigenvalue weighted by Gasteiger charge is -2.09. The van der Waals surface area contributed by atoms with E-state index in [-0.39, 0.29) is 5.91 Å². The molecule has 126 valence electrons. The van der Waals surface area contributed by atoms with Gasteiger partial charge in [0.15, 0.2) is 5.82 Å². The molecule has 0 radical (unpaired) electrons. The highest BCUT2D eigenvalue weighted by Crippen LogP contribution is 2.17. The summed E-state index contributed by atoms with van der Waals surface area (Å²) in [5.41, 5.74) is 2.97. The van der Waals surface area contributed by atoms with Crippen molar-refractivity contribution in [3.8, 4) is 0 Å². The summed E-state index contributed by atoms with van der Waals surface area (Å²) in [5.74, 6) is 0.826. The first-order valence-electron chi connectivity index (χ1n) is 7.81. The van der Waals surface area contributed by atoms with Crippen LogP contribution in [0, 0.1) is 6.92 Å². The minimum Gasteiger partial charge on any atom is -0.364 e. The Labute approximate surface area is 154 Å². The maximum absolute atomic E-state index is 12.2. The van der Waals surface area contributed by atoms with Crippen LogP contribution in [0.15, 0.2) is 65.1 Å². The minimum atomic E-state index is -0.234. The fraction of sp³-hybridized carbons (Fsp3) is 0.105. The van der Waals surface area contributed by atoms with Crippen LogP contribution in [0.25, 0.3) is 0 Å². The van der Waals surface area contributed by atoms with Gasteiger partial charge in [-0.25, -0.2) is 0 Å². The second-order valence-electron chi connectivity index (χ2n) is 5.52. The molecule has 0 spiro atoms. The molecule has 1 amide bonds. The van der Waals surface area contributed by atoms with Gasteiger partial charge < -0.3 is 10.6 Å². The van der Waals surface area contributed by atoms with Crippen molar-refractivity contribution in [2.75, 3.05) is 10.6 Å². The lowest BCUT2D eigenvalue weighted by atomic mass is 10.1. The van der Waals surface area contributed by atoms with Crippen LogP contribution in [0.5, 0.6) is 0 Å². The largest absolute Gasteiger partial charge is 0.364 e. The van der Waals surface area contributed by atoms with Crippen LogP contribution >= 0.6 is 15.9 Å². The number of nitrogens with zero attached hydrogens (tertiary/aromatic N) is 2. The van der Waals surface area contributed by atoms with Crippen molar-refractivity contribution in [2.45, 2.75) is 13.5 Å². The lowest BCUT2D eigenvalue weighted by Crippen LogP contribution is -2.14. The number of amides is 1. The van der Waals surface area contributed by atoms with Gasteiger partial charge in [-0.2, -0.15) is 0 Å². The molecule has 0 unspecified atom stereocenters. The molecule has 0 saturated heterocycles. The number of hydrogen-bond donors (Lipinski definition) is 2. The fourth-order valence-corrected chi connectivity index (χ4v) is 2.78. The predicted molar refractivity (Wildman–Crippen MR) is 103 cm³/mol. The quantitative estimate of drug-likeness (QED) is 0.669. The SMILES string of the molecule is Cc1ccccc1CNc1ccc(NC(=O)c2ccccc2Br)nn1. The first-order chi connectivity index (χ1) is 12.1. The van der Waals surface area contributed by atoms with Gasteiger partial charge in [0.2, 0.25) is 0 Å². The van der Waals surface area contributed by atoms with Gasteiger partial charge in [0.05, 0.1) is 5.56 Å². The summed E-state index contributed by atoms with van der Waals surface area (Å²) in [6.45, 7) is 2.74. The van der Waals surface area contributed by atoms with Gasteiger partial charge in [0.1, 0.15) is 5.82 Å². The molecule has 1 heterocycles. The van der Waals surface area contributed by atoms with E-state index in [1.54, 1.807) is 18.2 Å². The van der Waals surface area contributed by atoms with E-state index in [4.69, 9.17) is 0 Å². The Morgan fingerprint density at radius 3 is 2.36 bits per heavy atom.